The lowest BCUT2D eigenvalue weighted by atomic mass is 10.2. The number of rotatable bonds is 5. The van der Waals surface area contributed by atoms with Crippen LogP contribution in [0.25, 0.3) is 0 Å². The average Bonchev–Trinajstić information content (AvgIpc) is 2.51. The highest BCUT2D eigenvalue weighted by atomic mass is 35.5. The van der Waals surface area contributed by atoms with Crippen LogP contribution in [-0.2, 0) is 10.0 Å². The number of carbonyl (C=O) groups excluding carboxylic acids is 1. The first-order valence-electron chi connectivity index (χ1n) is 6.80. The second-order valence-corrected chi connectivity index (χ2v) is 7.06. The van der Waals surface area contributed by atoms with Crippen LogP contribution < -0.4 is 10.0 Å². The van der Waals surface area contributed by atoms with Crippen molar-refractivity contribution in [1.29, 1.82) is 0 Å². The zero-order chi connectivity index (χ0) is 18.7. The summed E-state index contributed by atoms with van der Waals surface area (Å²) >= 11 is 5.78. The fourth-order valence-electron chi connectivity index (χ4n) is 1.83. The van der Waals surface area contributed by atoms with Gasteiger partial charge in [-0.25, -0.2) is 8.42 Å². The van der Waals surface area contributed by atoms with E-state index in [0.29, 0.717) is 5.02 Å². The Morgan fingerprint density at radius 1 is 1.08 bits per heavy atom. The van der Waals surface area contributed by atoms with Gasteiger partial charge in [-0.05, 0) is 42.5 Å². The molecular weight excluding hydrogens is 381 g/mol. The number of halogens is 4. The fraction of sp³-hybridized carbons (Fsp3) is 0.133. The maximum Gasteiger partial charge on any atom is 0.405 e. The molecule has 0 spiro atoms. The maximum absolute atomic E-state index is 12.2. The standard InChI is InChI=1S/C15H12ClF3N2O3S/c16-11-2-1-3-12(8-11)21-25(23,24)13-6-4-10(5-7-13)14(22)20-9-15(17,18)19/h1-8,21H,9H2,(H,20,22). The van der Waals surface area contributed by atoms with Gasteiger partial charge in [0.1, 0.15) is 6.54 Å². The van der Waals surface area contributed by atoms with Crippen molar-refractivity contribution >= 4 is 33.2 Å². The summed E-state index contributed by atoms with van der Waals surface area (Å²) in [7, 11) is -3.93. The topological polar surface area (TPSA) is 75.3 Å². The van der Waals surface area contributed by atoms with Gasteiger partial charge in [0, 0.05) is 10.6 Å². The molecule has 134 valence electrons. The molecule has 10 heteroatoms. The Balaban J connectivity index is 2.11. The van der Waals surface area contributed by atoms with Crippen LogP contribution in [0.2, 0.25) is 5.02 Å². The summed E-state index contributed by atoms with van der Waals surface area (Å²) in [5.74, 6) is -0.955. The van der Waals surface area contributed by atoms with E-state index < -0.39 is 28.7 Å². The number of carbonyl (C=O) groups is 1. The van der Waals surface area contributed by atoms with Crippen molar-refractivity contribution in [1.82, 2.24) is 5.32 Å². The van der Waals surface area contributed by atoms with E-state index in [0.717, 1.165) is 24.3 Å². The van der Waals surface area contributed by atoms with E-state index in [-0.39, 0.29) is 16.1 Å². The molecule has 0 aliphatic carbocycles. The molecule has 2 rings (SSSR count). The van der Waals surface area contributed by atoms with Gasteiger partial charge in [0.2, 0.25) is 0 Å². The lowest BCUT2D eigenvalue weighted by Crippen LogP contribution is -2.33. The average molecular weight is 393 g/mol. The molecule has 0 saturated carbocycles. The third kappa shape index (κ3) is 5.64. The van der Waals surface area contributed by atoms with Gasteiger partial charge < -0.3 is 5.32 Å². The van der Waals surface area contributed by atoms with Crippen LogP contribution in [0.4, 0.5) is 18.9 Å². The molecular formula is C15H12ClF3N2O3S. The molecule has 5 nitrogen and oxygen atoms in total. The van der Waals surface area contributed by atoms with E-state index in [9.17, 15) is 26.4 Å². The normalized spacial score (nSPS) is 11.8. The van der Waals surface area contributed by atoms with Crippen molar-refractivity contribution in [3.8, 4) is 0 Å². The molecule has 0 aliphatic heterocycles. The smallest absolute Gasteiger partial charge is 0.343 e. The lowest BCUT2D eigenvalue weighted by molar-refractivity contribution is -0.123. The van der Waals surface area contributed by atoms with Gasteiger partial charge in [-0.1, -0.05) is 17.7 Å². The minimum atomic E-state index is -4.53. The van der Waals surface area contributed by atoms with Gasteiger partial charge >= 0.3 is 6.18 Å². The molecule has 2 aromatic rings. The molecule has 2 aromatic carbocycles. The summed E-state index contributed by atoms with van der Waals surface area (Å²) in [6.45, 7) is -1.47. The van der Waals surface area contributed by atoms with Gasteiger partial charge in [0.25, 0.3) is 15.9 Å². The Labute approximate surface area is 146 Å². The molecule has 0 unspecified atom stereocenters. The van der Waals surface area contributed by atoms with Crippen LogP contribution in [0, 0.1) is 0 Å². The molecule has 0 saturated heterocycles. The Morgan fingerprint density at radius 2 is 1.72 bits per heavy atom. The summed E-state index contributed by atoms with van der Waals surface area (Å²) in [4.78, 5) is 11.4. The van der Waals surface area contributed by atoms with Gasteiger partial charge in [0.15, 0.2) is 0 Å². The Bertz CT molecular complexity index is 868. The molecule has 1 amide bonds. The number of amides is 1. The highest BCUT2D eigenvalue weighted by molar-refractivity contribution is 7.92. The van der Waals surface area contributed by atoms with Crippen LogP contribution in [0.5, 0.6) is 0 Å². The minimum absolute atomic E-state index is 0.0917. The van der Waals surface area contributed by atoms with Gasteiger partial charge in [-0.2, -0.15) is 13.2 Å². The number of sulfonamides is 1. The molecule has 0 bridgehead atoms. The van der Waals surface area contributed by atoms with Crippen LogP contribution in [-0.4, -0.2) is 27.0 Å². The van der Waals surface area contributed by atoms with E-state index in [1.54, 1.807) is 17.4 Å². The minimum Gasteiger partial charge on any atom is -0.343 e. The lowest BCUT2D eigenvalue weighted by Gasteiger charge is -2.10. The Morgan fingerprint density at radius 3 is 2.28 bits per heavy atom. The molecule has 2 N–H and O–H groups in total. The second kappa shape index (κ2) is 7.32. The van der Waals surface area contributed by atoms with Gasteiger partial charge in [0.05, 0.1) is 10.6 Å². The molecule has 0 atom stereocenters. The van der Waals surface area contributed by atoms with E-state index in [2.05, 4.69) is 4.72 Å². The van der Waals surface area contributed by atoms with Gasteiger partial charge in [-0.3, -0.25) is 9.52 Å². The van der Waals surface area contributed by atoms with E-state index in [1.165, 1.54) is 12.1 Å². The molecule has 0 fully saturated rings. The van der Waals surface area contributed by atoms with Crippen molar-refractivity contribution in [3.63, 3.8) is 0 Å². The zero-order valence-corrected chi connectivity index (χ0v) is 14.0. The second-order valence-electron chi connectivity index (χ2n) is 4.94. The van der Waals surface area contributed by atoms with Crippen LogP contribution >= 0.6 is 11.6 Å². The number of anilines is 1. The predicted octanol–water partition coefficient (Wildman–Crippen LogP) is 3.43. The van der Waals surface area contributed by atoms with Crippen molar-refractivity contribution in [2.45, 2.75) is 11.1 Å². The summed E-state index contributed by atoms with van der Waals surface area (Å²) in [5.41, 5.74) is 0.158. The molecule has 0 aliphatic rings. The summed E-state index contributed by atoms with van der Waals surface area (Å²) in [6.07, 6.45) is -4.53. The number of alkyl halides is 3. The monoisotopic (exact) mass is 392 g/mol. The van der Waals surface area contributed by atoms with Crippen molar-refractivity contribution in [3.05, 3.63) is 59.1 Å². The highest BCUT2D eigenvalue weighted by Gasteiger charge is 2.28. The van der Waals surface area contributed by atoms with Crippen LogP contribution in [0.15, 0.2) is 53.4 Å². The summed E-state index contributed by atoms with van der Waals surface area (Å²) in [6, 6.07) is 10.5. The van der Waals surface area contributed by atoms with E-state index in [1.807, 2.05) is 0 Å². The molecule has 25 heavy (non-hydrogen) atoms. The van der Waals surface area contributed by atoms with Crippen molar-refractivity contribution in [2.75, 3.05) is 11.3 Å². The SMILES string of the molecule is O=C(NCC(F)(F)F)c1ccc(S(=O)(=O)Nc2cccc(Cl)c2)cc1. The zero-order valence-electron chi connectivity index (χ0n) is 12.5. The molecule has 0 aromatic heterocycles. The fourth-order valence-corrected chi connectivity index (χ4v) is 3.07. The first-order valence-corrected chi connectivity index (χ1v) is 8.66. The van der Waals surface area contributed by atoms with E-state index >= 15 is 0 Å². The maximum atomic E-state index is 12.2. The van der Waals surface area contributed by atoms with Crippen LogP contribution in [0.3, 0.4) is 0 Å². The Hall–Kier alpha value is -2.26. The Kier molecular flexibility index (Phi) is 5.58. The third-order valence-corrected chi connectivity index (χ3v) is 4.59. The van der Waals surface area contributed by atoms with E-state index in [4.69, 9.17) is 11.6 Å². The summed E-state index contributed by atoms with van der Waals surface area (Å²) < 4.78 is 63.0. The van der Waals surface area contributed by atoms with Crippen LogP contribution in [0.1, 0.15) is 10.4 Å². The number of nitrogens with one attached hydrogen (secondary N) is 2. The summed E-state index contributed by atoms with van der Waals surface area (Å²) in [5, 5.41) is 2.04. The number of hydrogen-bond donors (Lipinski definition) is 2. The first-order chi connectivity index (χ1) is 11.6. The number of benzene rings is 2. The predicted molar refractivity (Wildman–Crippen MR) is 87.1 cm³/mol. The third-order valence-electron chi connectivity index (χ3n) is 2.95. The highest BCUT2D eigenvalue weighted by Crippen LogP contribution is 2.20. The molecule has 0 radical (unpaired) electrons. The quantitative estimate of drug-likeness (QED) is 0.818. The number of hydrogen-bond acceptors (Lipinski definition) is 3. The van der Waals surface area contributed by atoms with Crippen molar-refractivity contribution in [2.24, 2.45) is 0 Å². The van der Waals surface area contributed by atoms with Crippen molar-refractivity contribution < 1.29 is 26.4 Å². The first kappa shape index (κ1) is 19.1. The largest absolute Gasteiger partial charge is 0.405 e. The molecule has 0 heterocycles. The van der Waals surface area contributed by atoms with Gasteiger partial charge in [-0.15, -0.1) is 0 Å².